The number of hydrogen-bond donors (Lipinski definition) is 0. The third-order valence-electron chi connectivity index (χ3n) is 9.16. The lowest BCUT2D eigenvalue weighted by Crippen LogP contribution is -2.24. The lowest BCUT2D eigenvalue weighted by Gasteiger charge is -2.27. The average Bonchev–Trinajstić information content (AvgIpc) is 3.41. The Morgan fingerprint density at radius 1 is 0.553 bits per heavy atom. The van der Waals surface area contributed by atoms with Gasteiger partial charge in [0.15, 0.2) is 0 Å². The van der Waals surface area contributed by atoms with Crippen molar-refractivity contribution in [1.29, 1.82) is 0 Å². The Morgan fingerprint density at radius 3 is 1.91 bits per heavy atom. The Kier molecular flexibility index (Phi) is 6.32. The molecule has 0 N–H and O–H groups in total. The average molecular weight is 603 g/mol. The summed E-state index contributed by atoms with van der Waals surface area (Å²) in [7, 11) is 0. The number of para-hydroxylation sites is 3. The Labute approximate surface area is 273 Å². The summed E-state index contributed by atoms with van der Waals surface area (Å²) < 4.78 is 2.27. The lowest BCUT2D eigenvalue weighted by molar-refractivity contribution is 0.858. The first-order chi connectivity index (χ1) is 23.3. The first kappa shape index (κ1) is 27.1. The number of anilines is 3. The highest BCUT2D eigenvalue weighted by Gasteiger charge is 2.34. The summed E-state index contributed by atoms with van der Waals surface area (Å²) in [5.41, 5.74) is 12.7. The van der Waals surface area contributed by atoms with Crippen molar-refractivity contribution in [2.24, 2.45) is 9.98 Å². The van der Waals surface area contributed by atoms with Crippen LogP contribution in [0.1, 0.15) is 17.2 Å². The van der Waals surface area contributed by atoms with Gasteiger partial charge in [0.05, 0.1) is 28.3 Å². The number of rotatable bonds is 3. The van der Waals surface area contributed by atoms with Gasteiger partial charge in [0.25, 0.3) is 0 Å². The fourth-order valence-corrected chi connectivity index (χ4v) is 7.08. The van der Waals surface area contributed by atoms with E-state index in [2.05, 4.69) is 168 Å². The quantitative estimate of drug-likeness (QED) is 0.198. The normalized spacial score (nSPS) is 15.3. The molecule has 2 aliphatic heterocycles. The largest absolute Gasteiger partial charge is 0.307 e. The summed E-state index contributed by atoms with van der Waals surface area (Å²) >= 11 is 0. The van der Waals surface area contributed by atoms with E-state index in [0.29, 0.717) is 5.96 Å². The highest BCUT2D eigenvalue weighted by atomic mass is 15.2. The summed E-state index contributed by atoms with van der Waals surface area (Å²) in [6.45, 7) is 4.57. The zero-order valence-electron chi connectivity index (χ0n) is 25.7. The summed E-state index contributed by atoms with van der Waals surface area (Å²) in [6, 6.07) is 57.1. The molecule has 47 heavy (non-hydrogen) atoms. The zero-order valence-corrected chi connectivity index (χ0v) is 25.7. The van der Waals surface area contributed by atoms with Crippen molar-refractivity contribution >= 4 is 39.6 Å². The van der Waals surface area contributed by atoms with Crippen LogP contribution in [0.3, 0.4) is 0 Å². The van der Waals surface area contributed by atoms with Crippen molar-refractivity contribution in [3.8, 4) is 22.4 Å². The minimum Gasteiger partial charge on any atom is -0.307 e. The second-order valence-corrected chi connectivity index (χ2v) is 11.9. The number of aromatic nitrogens is 1. The van der Waals surface area contributed by atoms with Gasteiger partial charge in [-0.1, -0.05) is 146 Å². The number of aliphatic imine (C=N–C) groups is 2. The van der Waals surface area contributed by atoms with Crippen molar-refractivity contribution in [3.05, 3.63) is 187 Å². The molecule has 3 heterocycles. The molecule has 1 atom stereocenters. The van der Waals surface area contributed by atoms with E-state index in [1.54, 1.807) is 0 Å². The highest BCUT2D eigenvalue weighted by molar-refractivity contribution is 6.22. The van der Waals surface area contributed by atoms with Gasteiger partial charge in [0.2, 0.25) is 5.96 Å². The van der Waals surface area contributed by atoms with Gasteiger partial charge in [0.1, 0.15) is 6.04 Å². The van der Waals surface area contributed by atoms with Crippen LogP contribution in [-0.4, -0.2) is 16.2 Å². The fraction of sp³-hybridized carbons (Fsp3) is 0.0233. The minimum absolute atomic E-state index is 0.292. The van der Waals surface area contributed by atoms with Gasteiger partial charge < -0.3 is 4.90 Å². The van der Waals surface area contributed by atoms with Crippen LogP contribution in [0.2, 0.25) is 0 Å². The summed E-state index contributed by atoms with van der Waals surface area (Å²) in [4.78, 5) is 13.2. The van der Waals surface area contributed by atoms with Gasteiger partial charge in [-0.05, 0) is 35.4 Å². The van der Waals surface area contributed by atoms with Crippen LogP contribution in [-0.2, 0) is 0 Å². The number of nitrogens with zero attached hydrogens (tertiary/aromatic N) is 4. The Morgan fingerprint density at radius 2 is 1.15 bits per heavy atom. The third-order valence-corrected chi connectivity index (χ3v) is 9.16. The molecule has 4 heteroatoms. The Bertz CT molecular complexity index is 2370. The van der Waals surface area contributed by atoms with Crippen LogP contribution in [0.5, 0.6) is 0 Å². The van der Waals surface area contributed by atoms with Crippen molar-refractivity contribution in [1.82, 2.24) is 4.57 Å². The molecule has 0 aliphatic carbocycles. The molecule has 0 fully saturated rings. The zero-order chi connectivity index (χ0) is 31.3. The van der Waals surface area contributed by atoms with Crippen molar-refractivity contribution in [2.45, 2.75) is 6.04 Å². The van der Waals surface area contributed by atoms with Crippen LogP contribution in [0, 0.1) is 0 Å². The van der Waals surface area contributed by atoms with Crippen molar-refractivity contribution in [2.75, 3.05) is 4.90 Å². The molecular formula is C43H30N4. The van der Waals surface area contributed by atoms with E-state index in [9.17, 15) is 0 Å². The molecule has 1 aromatic heterocycles. The monoisotopic (exact) mass is 602 g/mol. The van der Waals surface area contributed by atoms with Gasteiger partial charge >= 0.3 is 0 Å². The predicted octanol–water partition coefficient (Wildman–Crippen LogP) is 10.8. The smallest absolute Gasteiger partial charge is 0.231 e. The topological polar surface area (TPSA) is 32.9 Å². The van der Waals surface area contributed by atoms with Gasteiger partial charge in [-0.25, -0.2) is 9.98 Å². The van der Waals surface area contributed by atoms with Crippen LogP contribution in [0.25, 0.3) is 33.3 Å². The summed E-state index contributed by atoms with van der Waals surface area (Å²) in [5, 5.41) is 1.12. The molecule has 0 spiro atoms. The molecule has 0 amide bonds. The van der Waals surface area contributed by atoms with Gasteiger partial charge in [-0.3, -0.25) is 4.57 Å². The molecule has 1 unspecified atom stereocenters. The van der Waals surface area contributed by atoms with Crippen LogP contribution in [0.4, 0.5) is 17.1 Å². The Hall–Kier alpha value is -6.26. The summed E-state index contributed by atoms with van der Waals surface area (Å²) in [5.74, 6) is 0.635. The van der Waals surface area contributed by atoms with Crippen molar-refractivity contribution < 1.29 is 0 Å². The second kappa shape index (κ2) is 11.0. The van der Waals surface area contributed by atoms with E-state index >= 15 is 0 Å². The van der Waals surface area contributed by atoms with E-state index in [0.717, 1.165) is 61.6 Å². The van der Waals surface area contributed by atoms with Crippen LogP contribution >= 0.6 is 0 Å². The molecule has 0 bridgehead atoms. The number of benzene rings is 6. The maximum absolute atomic E-state index is 5.43. The summed E-state index contributed by atoms with van der Waals surface area (Å²) in [6.07, 6.45) is 0. The SMILES string of the molecule is C=C1C(c2ccccc2)=NC(n2c3c(c4ccccc42)N(c2ccccc2)c2ccccc2-c2ccccc2-3)=NC1c1ccccc1. The Balaban J connectivity index is 1.42. The third kappa shape index (κ3) is 4.30. The highest BCUT2D eigenvalue weighted by Crippen LogP contribution is 2.54. The van der Waals surface area contributed by atoms with Crippen LogP contribution in [0.15, 0.2) is 186 Å². The maximum Gasteiger partial charge on any atom is 0.231 e. The lowest BCUT2D eigenvalue weighted by atomic mass is 9.92. The molecule has 0 saturated heterocycles. The van der Waals surface area contributed by atoms with E-state index in [4.69, 9.17) is 9.98 Å². The minimum atomic E-state index is -0.292. The molecule has 4 nitrogen and oxygen atoms in total. The van der Waals surface area contributed by atoms with Crippen LogP contribution < -0.4 is 4.90 Å². The van der Waals surface area contributed by atoms with Gasteiger partial charge in [-0.15, -0.1) is 0 Å². The van der Waals surface area contributed by atoms with E-state index in [1.807, 2.05) is 12.1 Å². The molecule has 2 aliphatic rings. The number of hydrogen-bond acceptors (Lipinski definition) is 3. The molecule has 7 aromatic rings. The van der Waals surface area contributed by atoms with E-state index < -0.39 is 0 Å². The molecule has 222 valence electrons. The molecule has 0 saturated carbocycles. The van der Waals surface area contributed by atoms with Gasteiger partial charge in [0, 0.05) is 33.3 Å². The van der Waals surface area contributed by atoms with E-state index in [1.165, 1.54) is 11.1 Å². The molecule has 6 aromatic carbocycles. The van der Waals surface area contributed by atoms with Gasteiger partial charge in [-0.2, -0.15) is 0 Å². The molecule has 0 radical (unpaired) electrons. The van der Waals surface area contributed by atoms with Crippen molar-refractivity contribution in [3.63, 3.8) is 0 Å². The maximum atomic E-state index is 5.43. The first-order valence-corrected chi connectivity index (χ1v) is 15.9. The fourth-order valence-electron chi connectivity index (χ4n) is 7.08. The second-order valence-electron chi connectivity index (χ2n) is 11.9. The molecular weight excluding hydrogens is 573 g/mol. The van der Waals surface area contributed by atoms with E-state index in [-0.39, 0.29) is 6.04 Å². The predicted molar refractivity (Wildman–Crippen MR) is 195 cm³/mol. The number of fused-ring (bicyclic) bond motifs is 7. The standard InChI is InChI=1S/C43H30N4/c1-29-39(30-17-5-2-6-18-30)44-43(45-40(29)31-19-7-3-8-20-31)47-38-28-16-14-26-36(38)42-41(47)35-25-12-11-23-33(35)34-24-13-15-27-37(34)46(42)32-21-9-4-10-22-32/h2-28,39H,1H2. The first-order valence-electron chi connectivity index (χ1n) is 15.9. The molecule has 9 rings (SSSR count).